The largest absolute Gasteiger partial charge is 0.508 e. The second-order valence-corrected chi connectivity index (χ2v) is 6.00. The molecule has 2 aromatic rings. The van der Waals surface area contributed by atoms with Crippen molar-refractivity contribution in [3.8, 4) is 5.75 Å². The lowest BCUT2D eigenvalue weighted by Crippen LogP contribution is -2.36. The maximum absolute atomic E-state index is 12.7. The maximum Gasteiger partial charge on any atom is 0.272 e. The van der Waals surface area contributed by atoms with Gasteiger partial charge in [0.15, 0.2) is 0 Å². The van der Waals surface area contributed by atoms with E-state index in [1.54, 1.807) is 35.2 Å². The fourth-order valence-electron chi connectivity index (χ4n) is 2.11. The molecule has 0 aliphatic heterocycles. The maximum atomic E-state index is 12.7. The average molecular weight is 334 g/mol. The summed E-state index contributed by atoms with van der Waals surface area (Å²) in [7, 11) is 3.91. The van der Waals surface area contributed by atoms with E-state index in [9.17, 15) is 9.90 Å². The molecular weight excluding hydrogens is 314 g/mol. The summed E-state index contributed by atoms with van der Waals surface area (Å²) in [4.78, 5) is 20.5. The van der Waals surface area contributed by atoms with Gasteiger partial charge < -0.3 is 14.9 Å². The third-order valence-corrected chi connectivity index (χ3v) is 3.56. The summed E-state index contributed by atoms with van der Waals surface area (Å²) in [6.45, 7) is 1.70. The average Bonchev–Trinajstić information content (AvgIpc) is 2.51. The number of hydrogen-bond acceptors (Lipinski definition) is 4. The Morgan fingerprint density at radius 1 is 1.22 bits per heavy atom. The number of likely N-dealkylation sites (N-methyl/N-ethyl adjacent to an activating group) is 1. The molecule has 6 heteroatoms. The van der Waals surface area contributed by atoms with Gasteiger partial charge in [0, 0.05) is 25.8 Å². The predicted octanol–water partition coefficient (Wildman–Crippen LogP) is 2.64. The molecule has 0 radical (unpaired) electrons. The van der Waals surface area contributed by atoms with Gasteiger partial charge in [-0.05, 0) is 43.9 Å². The molecule has 1 amide bonds. The van der Waals surface area contributed by atoms with Gasteiger partial charge in [0.2, 0.25) is 0 Å². The number of hydrogen-bond donors (Lipinski definition) is 1. The van der Waals surface area contributed by atoms with Crippen LogP contribution in [0.1, 0.15) is 16.1 Å². The van der Waals surface area contributed by atoms with Crippen LogP contribution in [0.2, 0.25) is 5.02 Å². The van der Waals surface area contributed by atoms with Gasteiger partial charge in [-0.25, -0.2) is 4.98 Å². The van der Waals surface area contributed by atoms with E-state index >= 15 is 0 Å². The summed E-state index contributed by atoms with van der Waals surface area (Å²) in [5.41, 5.74) is 1.22. The zero-order valence-electron chi connectivity index (χ0n) is 13.2. The van der Waals surface area contributed by atoms with Gasteiger partial charge in [0.25, 0.3) is 5.91 Å². The molecule has 23 heavy (non-hydrogen) atoms. The normalized spacial score (nSPS) is 10.8. The Hall–Kier alpha value is -2.11. The molecule has 1 aromatic carbocycles. The standard InChI is InChI=1S/C17H20ClN3O2/c1-20(2)8-9-21(12-13-4-3-5-15(22)10-13)17(23)16-7-6-14(18)11-19-16/h3-7,10-11,22H,8-9,12H2,1-2H3. The summed E-state index contributed by atoms with van der Waals surface area (Å²) in [6.07, 6.45) is 1.47. The van der Waals surface area contributed by atoms with Gasteiger partial charge in [-0.3, -0.25) is 4.79 Å². The van der Waals surface area contributed by atoms with E-state index in [1.807, 2.05) is 25.1 Å². The molecule has 2 rings (SSSR count). The molecule has 0 bridgehead atoms. The third kappa shape index (κ3) is 5.23. The first-order valence-corrected chi connectivity index (χ1v) is 7.67. The van der Waals surface area contributed by atoms with E-state index in [2.05, 4.69) is 4.98 Å². The number of aromatic hydroxyl groups is 1. The van der Waals surface area contributed by atoms with Crippen LogP contribution in [-0.2, 0) is 6.54 Å². The number of benzene rings is 1. The minimum Gasteiger partial charge on any atom is -0.508 e. The molecule has 122 valence electrons. The molecule has 0 aliphatic carbocycles. The Kier molecular flexibility index (Phi) is 5.96. The lowest BCUT2D eigenvalue weighted by atomic mass is 10.2. The van der Waals surface area contributed by atoms with Gasteiger partial charge in [-0.2, -0.15) is 0 Å². The van der Waals surface area contributed by atoms with Crippen molar-refractivity contribution in [1.82, 2.24) is 14.8 Å². The van der Waals surface area contributed by atoms with Gasteiger partial charge in [0.05, 0.1) is 5.02 Å². The highest BCUT2D eigenvalue weighted by Crippen LogP contribution is 2.15. The highest BCUT2D eigenvalue weighted by Gasteiger charge is 2.17. The van der Waals surface area contributed by atoms with Crippen molar-refractivity contribution in [2.75, 3.05) is 27.2 Å². The number of halogens is 1. The summed E-state index contributed by atoms with van der Waals surface area (Å²) in [6, 6.07) is 10.2. The molecule has 0 fully saturated rings. The lowest BCUT2D eigenvalue weighted by Gasteiger charge is -2.24. The van der Waals surface area contributed by atoms with E-state index in [0.717, 1.165) is 12.1 Å². The first-order valence-electron chi connectivity index (χ1n) is 7.29. The minimum atomic E-state index is -0.160. The second kappa shape index (κ2) is 7.94. The van der Waals surface area contributed by atoms with Crippen molar-refractivity contribution in [1.29, 1.82) is 0 Å². The van der Waals surface area contributed by atoms with Crippen LogP contribution in [0.4, 0.5) is 0 Å². The minimum absolute atomic E-state index is 0.160. The SMILES string of the molecule is CN(C)CCN(Cc1cccc(O)c1)C(=O)c1ccc(Cl)cn1. The van der Waals surface area contributed by atoms with Crippen molar-refractivity contribution < 1.29 is 9.90 Å². The number of nitrogens with zero attached hydrogens (tertiary/aromatic N) is 3. The number of aromatic nitrogens is 1. The van der Waals surface area contributed by atoms with Crippen LogP contribution in [0, 0.1) is 0 Å². The highest BCUT2D eigenvalue weighted by molar-refractivity contribution is 6.30. The molecule has 0 spiro atoms. The van der Waals surface area contributed by atoms with E-state index in [1.165, 1.54) is 6.20 Å². The Balaban J connectivity index is 2.18. The van der Waals surface area contributed by atoms with Crippen LogP contribution in [0.3, 0.4) is 0 Å². The third-order valence-electron chi connectivity index (χ3n) is 3.33. The molecule has 5 nitrogen and oxygen atoms in total. The van der Waals surface area contributed by atoms with Crippen molar-refractivity contribution in [2.24, 2.45) is 0 Å². The van der Waals surface area contributed by atoms with E-state index in [4.69, 9.17) is 11.6 Å². The van der Waals surface area contributed by atoms with Gasteiger partial charge >= 0.3 is 0 Å². The monoisotopic (exact) mass is 333 g/mol. The summed E-state index contributed by atoms with van der Waals surface area (Å²) >= 11 is 5.82. The first kappa shape index (κ1) is 17.2. The fraction of sp³-hybridized carbons (Fsp3) is 0.294. The van der Waals surface area contributed by atoms with Gasteiger partial charge in [0.1, 0.15) is 11.4 Å². The highest BCUT2D eigenvalue weighted by atomic mass is 35.5. The van der Waals surface area contributed by atoms with Crippen LogP contribution >= 0.6 is 11.6 Å². The smallest absolute Gasteiger partial charge is 0.272 e. The first-order chi connectivity index (χ1) is 11.0. The number of phenols is 1. The van der Waals surface area contributed by atoms with Crippen molar-refractivity contribution in [2.45, 2.75) is 6.54 Å². The van der Waals surface area contributed by atoms with Crippen LogP contribution < -0.4 is 0 Å². The molecule has 1 N–H and O–H groups in total. The topological polar surface area (TPSA) is 56.7 Å². The molecule has 1 aromatic heterocycles. The van der Waals surface area contributed by atoms with Crippen LogP contribution in [-0.4, -0.2) is 53.0 Å². The van der Waals surface area contributed by atoms with Gasteiger partial charge in [-0.1, -0.05) is 23.7 Å². The van der Waals surface area contributed by atoms with Crippen molar-refractivity contribution >= 4 is 17.5 Å². The fourth-order valence-corrected chi connectivity index (χ4v) is 2.22. The number of phenolic OH excluding ortho intramolecular Hbond substituents is 1. The predicted molar refractivity (Wildman–Crippen MR) is 90.6 cm³/mol. The molecule has 0 unspecified atom stereocenters. The number of carbonyl (C=O) groups is 1. The Labute approximate surface area is 141 Å². The quantitative estimate of drug-likeness (QED) is 0.883. The molecule has 1 heterocycles. The van der Waals surface area contributed by atoms with E-state index in [-0.39, 0.29) is 11.7 Å². The van der Waals surface area contributed by atoms with Crippen LogP contribution in [0.25, 0.3) is 0 Å². The Morgan fingerprint density at radius 2 is 2.00 bits per heavy atom. The Morgan fingerprint density at radius 3 is 2.61 bits per heavy atom. The summed E-state index contributed by atoms with van der Waals surface area (Å²) in [5, 5.41) is 10.1. The lowest BCUT2D eigenvalue weighted by molar-refractivity contribution is 0.0726. The summed E-state index contributed by atoms with van der Waals surface area (Å²) < 4.78 is 0. The molecule has 0 aliphatic rings. The van der Waals surface area contributed by atoms with E-state index in [0.29, 0.717) is 23.8 Å². The van der Waals surface area contributed by atoms with Crippen LogP contribution in [0.5, 0.6) is 5.75 Å². The number of carbonyl (C=O) groups excluding carboxylic acids is 1. The van der Waals surface area contributed by atoms with E-state index < -0.39 is 0 Å². The zero-order valence-corrected chi connectivity index (χ0v) is 14.0. The van der Waals surface area contributed by atoms with Gasteiger partial charge in [-0.15, -0.1) is 0 Å². The molecule has 0 saturated heterocycles. The zero-order chi connectivity index (χ0) is 16.8. The number of pyridine rings is 1. The number of amides is 1. The molecule has 0 atom stereocenters. The van der Waals surface area contributed by atoms with Crippen molar-refractivity contribution in [3.05, 3.63) is 58.9 Å². The Bertz CT molecular complexity index is 659. The molecular formula is C17H20ClN3O2. The second-order valence-electron chi connectivity index (χ2n) is 5.56. The molecule has 0 saturated carbocycles. The number of rotatable bonds is 6. The summed E-state index contributed by atoms with van der Waals surface area (Å²) in [5.74, 6) is 0.0268. The van der Waals surface area contributed by atoms with Crippen LogP contribution in [0.15, 0.2) is 42.6 Å². The van der Waals surface area contributed by atoms with Crippen molar-refractivity contribution in [3.63, 3.8) is 0 Å².